The van der Waals surface area contributed by atoms with Gasteiger partial charge in [-0.3, -0.25) is 0 Å². The molecule has 0 atom stereocenters. The first-order valence-corrected chi connectivity index (χ1v) is 8.95. The van der Waals surface area contributed by atoms with Crippen molar-refractivity contribution in [1.29, 1.82) is 0 Å². The average Bonchev–Trinajstić information content (AvgIpc) is 3.04. The van der Waals surface area contributed by atoms with Crippen molar-refractivity contribution in [2.45, 2.75) is 33.1 Å². The Balaban J connectivity index is 1.76. The van der Waals surface area contributed by atoms with Gasteiger partial charge in [-0.05, 0) is 61.7 Å². The van der Waals surface area contributed by atoms with Gasteiger partial charge in [-0.25, -0.2) is 9.48 Å². The van der Waals surface area contributed by atoms with Crippen LogP contribution in [0.1, 0.15) is 41.5 Å². The number of aryl methyl sites for hydroxylation is 1. The van der Waals surface area contributed by atoms with E-state index >= 15 is 0 Å². The Labute approximate surface area is 157 Å². The second kappa shape index (κ2) is 8.15. The van der Waals surface area contributed by atoms with Gasteiger partial charge >= 0.3 is 5.97 Å². The van der Waals surface area contributed by atoms with Gasteiger partial charge in [0.2, 0.25) is 0 Å². The van der Waals surface area contributed by atoms with Crippen molar-refractivity contribution >= 4 is 17.6 Å². The van der Waals surface area contributed by atoms with Crippen molar-refractivity contribution in [3.8, 4) is 11.4 Å². The molecule has 0 aliphatic rings. The molecule has 1 aromatic heterocycles. The van der Waals surface area contributed by atoms with E-state index in [1.54, 1.807) is 35.9 Å². The smallest absolute Gasteiger partial charge is 0.366 e. The summed E-state index contributed by atoms with van der Waals surface area (Å²) >= 11 is 5.83. The van der Waals surface area contributed by atoms with Gasteiger partial charge in [0.05, 0.1) is 11.4 Å². The fourth-order valence-electron chi connectivity index (χ4n) is 2.61. The number of carbonyl (C=O) groups excluding carboxylic acids is 1. The molecule has 1 heterocycles. The van der Waals surface area contributed by atoms with Gasteiger partial charge in [0.1, 0.15) is 5.75 Å². The molecular weight excluding hydrogens is 350 g/mol. The summed E-state index contributed by atoms with van der Waals surface area (Å²) in [5.74, 6) is -0.135. The van der Waals surface area contributed by atoms with E-state index in [4.69, 9.17) is 16.3 Å². The number of aromatic nitrogens is 3. The standard InChI is InChI=1S/C20H20ClN3O2/c1-3-4-5-15-6-10-17(11-7-15)24-14(2)19(22-23-24)20(25)26-18-12-8-16(21)9-13-18/h6-13H,3-5H2,1-2H3. The summed E-state index contributed by atoms with van der Waals surface area (Å²) in [6.07, 6.45) is 3.40. The Bertz CT molecular complexity index is 886. The number of nitrogens with zero attached hydrogens (tertiary/aromatic N) is 3. The highest BCUT2D eigenvalue weighted by Crippen LogP contribution is 2.19. The van der Waals surface area contributed by atoms with Crippen LogP contribution in [0.15, 0.2) is 48.5 Å². The van der Waals surface area contributed by atoms with Crippen molar-refractivity contribution in [2.75, 3.05) is 0 Å². The average molecular weight is 370 g/mol. The van der Waals surface area contributed by atoms with Crippen molar-refractivity contribution in [3.05, 3.63) is 70.5 Å². The SMILES string of the molecule is CCCCc1ccc(-n2nnc(C(=O)Oc3ccc(Cl)cc3)c2C)cc1. The van der Waals surface area contributed by atoms with Gasteiger partial charge < -0.3 is 4.74 Å². The van der Waals surface area contributed by atoms with Crippen LogP contribution in [-0.4, -0.2) is 21.0 Å². The Hall–Kier alpha value is -2.66. The third-order valence-corrected chi connectivity index (χ3v) is 4.36. The number of hydrogen-bond acceptors (Lipinski definition) is 4. The van der Waals surface area contributed by atoms with Crippen LogP contribution in [0, 0.1) is 6.92 Å². The number of halogens is 1. The highest BCUT2D eigenvalue weighted by Gasteiger charge is 2.19. The summed E-state index contributed by atoms with van der Waals surface area (Å²) in [4.78, 5) is 12.4. The fraction of sp³-hybridized carbons (Fsp3) is 0.250. The molecule has 3 rings (SSSR count). The molecule has 0 spiro atoms. The van der Waals surface area contributed by atoms with E-state index in [1.165, 1.54) is 18.4 Å². The van der Waals surface area contributed by atoms with Gasteiger partial charge in [0.15, 0.2) is 5.69 Å². The van der Waals surface area contributed by atoms with Crippen LogP contribution >= 0.6 is 11.6 Å². The van der Waals surface area contributed by atoms with Crippen molar-refractivity contribution < 1.29 is 9.53 Å². The summed E-state index contributed by atoms with van der Waals surface area (Å²) in [5.41, 5.74) is 2.97. The number of rotatable bonds is 6. The molecule has 0 N–H and O–H groups in total. The topological polar surface area (TPSA) is 57.0 Å². The van der Waals surface area contributed by atoms with E-state index in [1.807, 2.05) is 12.1 Å². The van der Waals surface area contributed by atoms with Gasteiger partial charge in [-0.1, -0.05) is 42.3 Å². The molecule has 26 heavy (non-hydrogen) atoms. The number of carbonyl (C=O) groups is 1. The molecule has 134 valence electrons. The minimum atomic E-state index is -0.546. The normalized spacial score (nSPS) is 10.7. The Morgan fingerprint density at radius 3 is 2.46 bits per heavy atom. The predicted octanol–water partition coefficient (Wildman–Crippen LogP) is 4.79. The lowest BCUT2D eigenvalue weighted by molar-refractivity contribution is 0.0727. The van der Waals surface area contributed by atoms with E-state index in [2.05, 4.69) is 29.4 Å². The molecule has 0 fully saturated rings. The lowest BCUT2D eigenvalue weighted by Crippen LogP contribution is -2.11. The number of ether oxygens (including phenoxy) is 1. The maximum Gasteiger partial charge on any atom is 0.366 e. The molecular formula is C20H20ClN3O2. The highest BCUT2D eigenvalue weighted by atomic mass is 35.5. The first-order chi connectivity index (χ1) is 12.6. The maximum absolute atomic E-state index is 12.4. The van der Waals surface area contributed by atoms with E-state index in [0.717, 1.165) is 12.1 Å². The number of esters is 1. The molecule has 0 saturated carbocycles. The Morgan fingerprint density at radius 2 is 1.81 bits per heavy atom. The van der Waals surface area contributed by atoms with E-state index in [9.17, 15) is 4.79 Å². The molecule has 0 saturated heterocycles. The summed E-state index contributed by atoms with van der Waals surface area (Å²) in [6.45, 7) is 3.97. The monoisotopic (exact) mass is 369 g/mol. The first kappa shape index (κ1) is 18.1. The van der Waals surface area contributed by atoms with Gasteiger partial charge in [-0.15, -0.1) is 5.10 Å². The van der Waals surface area contributed by atoms with E-state index < -0.39 is 5.97 Å². The quantitative estimate of drug-likeness (QED) is 0.463. The number of benzene rings is 2. The summed E-state index contributed by atoms with van der Waals surface area (Å²) in [5, 5.41) is 8.67. The molecule has 0 aliphatic carbocycles. The van der Waals surface area contributed by atoms with Crippen LogP contribution in [0.2, 0.25) is 5.02 Å². The number of unbranched alkanes of at least 4 members (excludes halogenated alkanes) is 1. The maximum atomic E-state index is 12.4. The summed E-state index contributed by atoms with van der Waals surface area (Å²) in [6, 6.07) is 14.7. The number of hydrogen-bond donors (Lipinski definition) is 0. The molecule has 6 heteroatoms. The molecule has 0 amide bonds. The van der Waals surface area contributed by atoms with Gasteiger partial charge in [0.25, 0.3) is 0 Å². The molecule has 0 radical (unpaired) electrons. The molecule has 3 aromatic rings. The van der Waals surface area contributed by atoms with Crippen LogP contribution in [-0.2, 0) is 6.42 Å². The predicted molar refractivity (Wildman–Crippen MR) is 101 cm³/mol. The minimum absolute atomic E-state index is 0.190. The molecule has 5 nitrogen and oxygen atoms in total. The molecule has 0 unspecified atom stereocenters. The Kier molecular flexibility index (Phi) is 5.68. The van der Waals surface area contributed by atoms with Crippen LogP contribution in [0.4, 0.5) is 0 Å². The Morgan fingerprint density at radius 1 is 1.12 bits per heavy atom. The lowest BCUT2D eigenvalue weighted by atomic mass is 10.1. The van der Waals surface area contributed by atoms with E-state index in [-0.39, 0.29) is 5.69 Å². The first-order valence-electron chi connectivity index (χ1n) is 8.58. The van der Waals surface area contributed by atoms with Crippen molar-refractivity contribution in [2.24, 2.45) is 0 Å². The zero-order valence-electron chi connectivity index (χ0n) is 14.8. The van der Waals surface area contributed by atoms with Crippen molar-refractivity contribution in [3.63, 3.8) is 0 Å². The lowest BCUT2D eigenvalue weighted by Gasteiger charge is -2.06. The zero-order chi connectivity index (χ0) is 18.5. The third kappa shape index (κ3) is 4.11. The third-order valence-electron chi connectivity index (χ3n) is 4.11. The zero-order valence-corrected chi connectivity index (χ0v) is 15.5. The largest absolute Gasteiger partial charge is 0.422 e. The van der Waals surface area contributed by atoms with Crippen molar-refractivity contribution in [1.82, 2.24) is 15.0 Å². The molecule has 2 aromatic carbocycles. The van der Waals surface area contributed by atoms with Crippen LogP contribution in [0.25, 0.3) is 5.69 Å². The fourth-order valence-corrected chi connectivity index (χ4v) is 2.73. The summed E-state index contributed by atoms with van der Waals surface area (Å²) in [7, 11) is 0. The summed E-state index contributed by atoms with van der Waals surface area (Å²) < 4.78 is 6.98. The van der Waals surface area contributed by atoms with E-state index in [0.29, 0.717) is 16.5 Å². The minimum Gasteiger partial charge on any atom is -0.422 e. The highest BCUT2D eigenvalue weighted by molar-refractivity contribution is 6.30. The second-order valence-corrected chi connectivity index (χ2v) is 6.49. The van der Waals surface area contributed by atoms with Crippen LogP contribution in [0.5, 0.6) is 5.75 Å². The van der Waals surface area contributed by atoms with Crippen LogP contribution < -0.4 is 4.74 Å². The van der Waals surface area contributed by atoms with Crippen LogP contribution in [0.3, 0.4) is 0 Å². The molecule has 0 bridgehead atoms. The second-order valence-electron chi connectivity index (χ2n) is 6.05. The van der Waals surface area contributed by atoms with Gasteiger partial charge in [0, 0.05) is 5.02 Å². The van der Waals surface area contributed by atoms with Gasteiger partial charge in [-0.2, -0.15) is 0 Å². The molecule has 0 aliphatic heterocycles.